The molecule has 1 aliphatic heterocycles. The second-order valence-corrected chi connectivity index (χ2v) is 10.7. The minimum absolute atomic E-state index is 0. The molecule has 0 amide bonds. The minimum atomic E-state index is 0. The van der Waals surface area contributed by atoms with Crippen LogP contribution in [0.25, 0.3) is 0 Å². The SMILES string of the molecule is BrCCCCCCCCCCCOC1CCCCO1.OCCCCCCCCCCCBr.P.[2HH]. The van der Waals surface area contributed by atoms with Crippen LogP contribution >= 0.6 is 41.8 Å². The van der Waals surface area contributed by atoms with Crippen molar-refractivity contribution in [2.24, 2.45) is 0 Å². The molecular formula is C27H59Br2O3P. The highest BCUT2D eigenvalue weighted by molar-refractivity contribution is 9.09. The Morgan fingerprint density at radius 2 is 1.06 bits per heavy atom. The van der Waals surface area contributed by atoms with Crippen LogP contribution in [-0.2, 0) is 9.47 Å². The van der Waals surface area contributed by atoms with Gasteiger partial charge in [0.1, 0.15) is 0 Å². The molecule has 1 saturated heterocycles. The quantitative estimate of drug-likeness (QED) is 0.0742. The first-order chi connectivity index (χ1) is 15.8. The van der Waals surface area contributed by atoms with Gasteiger partial charge in [-0.2, -0.15) is 9.90 Å². The predicted octanol–water partition coefficient (Wildman–Crippen LogP) is 9.62. The molecule has 1 aliphatic rings. The van der Waals surface area contributed by atoms with E-state index in [0.29, 0.717) is 6.61 Å². The normalized spacial score (nSPS) is 15.5. The summed E-state index contributed by atoms with van der Waals surface area (Å²) in [7, 11) is 0. The molecule has 2 unspecified atom stereocenters. The molecular weight excluding hydrogens is 563 g/mol. The lowest BCUT2D eigenvalue weighted by Crippen LogP contribution is -2.22. The van der Waals surface area contributed by atoms with Crippen LogP contribution in [0.3, 0.4) is 0 Å². The van der Waals surface area contributed by atoms with Gasteiger partial charge in [0.05, 0.1) is 0 Å². The van der Waals surface area contributed by atoms with Crippen molar-refractivity contribution < 1.29 is 16.0 Å². The maximum absolute atomic E-state index is 8.56. The summed E-state index contributed by atoms with van der Waals surface area (Å²) in [5, 5.41) is 10.9. The molecule has 1 N–H and O–H groups in total. The second kappa shape index (κ2) is 33.3. The Kier molecular flexibility index (Phi) is 36.7. The Balaban J connectivity index is -0.000000570. The van der Waals surface area contributed by atoms with Gasteiger partial charge in [-0.3, -0.25) is 0 Å². The molecule has 0 spiro atoms. The zero-order chi connectivity index (χ0) is 23.4. The number of ether oxygens (including phenoxy) is 2. The molecule has 204 valence electrons. The number of hydrogen-bond donors (Lipinski definition) is 1. The third-order valence-corrected chi connectivity index (χ3v) is 7.13. The first-order valence-corrected chi connectivity index (χ1v) is 16.1. The van der Waals surface area contributed by atoms with Gasteiger partial charge in [0.2, 0.25) is 0 Å². The van der Waals surface area contributed by atoms with Crippen molar-refractivity contribution in [2.45, 2.75) is 141 Å². The fourth-order valence-corrected chi connectivity index (χ4v) is 4.73. The van der Waals surface area contributed by atoms with Crippen LogP contribution in [-0.4, -0.2) is 41.9 Å². The number of hydrogen-bond acceptors (Lipinski definition) is 3. The summed E-state index contributed by atoms with van der Waals surface area (Å²) in [4.78, 5) is 0. The molecule has 0 aromatic heterocycles. The van der Waals surface area contributed by atoms with E-state index in [1.807, 2.05) is 0 Å². The zero-order valence-corrected chi connectivity index (χ0v) is 26.3. The molecule has 6 heteroatoms. The van der Waals surface area contributed by atoms with Crippen molar-refractivity contribution in [3.63, 3.8) is 0 Å². The lowest BCUT2D eigenvalue weighted by Gasteiger charge is -2.22. The molecule has 0 aromatic carbocycles. The Bertz CT molecular complexity index is 329. The Morgan fingerprint density at radius 1 is 0.636 bits per heavy atom. The van der Waals surface area contributed by atoms with E-state index in [2.05, 4.69) is 31.9 Å². The third kappa shape index (κ3) is 31.2. The monoisotopic (exact) mass is 621 g/mol. The second-order valence-electron chi connectivity index (χ2n) is 9.13. The molecule has 1 rings (SSSR count). The molecule has 1 heterocycles. The third-order valence-electron chi connectivity index (χ3n) is 6.01. The summed E-state index contributed by atoms with van der Waals surface area (Å²) in [5.74, 6) is 0. The molecule has 0 aliphatic carbocycles. The van der Waals surface area contributed by atoms with Gasteiger partial charge in [0, 0.05) is 31.9 Å². The summed E-state index contributed by atoms with van der Waals surface area (Å²) in [6.07, 6.45) is 27.6. The Hall–Kier alpha value is 1.27. The van der Waals surface area contributed by atoms with E-state index in [4.69, 9.17) is 14.6 Å². The molecule has 0 saturated carbocycles. The molecule has 3 nitrogen and oxygen atoms in total. The van der Waals surface area contributed by atoms with Gasteiger partial charge in [0.15, 0.2) is 6.29 Å². The van der Waals surface area contributed by atoms with E-state index in [-0.39, 0.29) is 17.6 Å². The molecule has 1 fully saturated rings. The van der Waals surface area contributed by atoms with Crippen LogP contribution < -0.4 is 0 Å². The van der Waals surface area contributed by atoms with Gasteiger partial charge in [-0.1, -0.05) is 122 Å². The average molecular weight is 624 g/mol. The summed E-state index contributed by atoms with van der Waals surface area (Å²) in [6, 6.07) is 0. The smallest absolute Gasteiger partial charge is 0.157 e. The average Bonchev–Trinajstić information content (AvgIpc) is 2.83. The molecule has 0 radical (unpaired) electrons. The van der Waals surface area contributed by atoms with Crippen LogP contribution in [0.5, 0.6) is 0 Å². The van der Waals surface area contributed by atoms with Crippen molar-refractivity contribution in [3.8, 4) is 0 Å². The predicted molar refractivity (Wildman–Crippen MR) is 161 cm³/mol. The number of unbranched alkanes of at least 4 members (excludes halogenated alkanes) is 16. The fourth-order valence-electron chi connectivity index (χ4n) is 3.94. The van der Waals surface area contributed by atoms with Crippen molar-refractivity contribution in [2.75, 3.05) is 30.5 Å². The largest absolute Gasteiger partial charge is 0.396 e. The van der Waals surface area contributed by atoms with Gasteiger partial charge in [-0.25, -0.2) is 0 Å². The van der Waals surface area contributed by atoms with Gasteiger partial charge >= 0.3 is 0 Å². The highest BCUT2D eigenvalue weighted by atomic mass is 79.9. The minimum Gasteiger partial charge on any atom is -0.396 e. The van der Waals surface area contributed by atoms with Crippen molar-refractivity contribution in [1.29, 1.82) is 0 Å². The number of halogens is 2. The van der Waals surface area contributed by atoms with Crippen molar-refractivity contribution in [1.82, 2.24) is 0 Å². The van der Waals surface area contributed by atoms with E-state index in [1.54, 1.807) is 0 Å². The summed E-state index contributed by atoms with van der Waals surface area (Å²) in [6.45, 7) is 2.14. The zero-order valence-electron chi connectivity index (χ0n) is 21.7. The first kappa shape index (κ1) is 36.4. The summed E-state index contributed by atoms with van der Waals surface area (Å²) in [5.41, 5.74) is 0. The van der Waals surface area contributed by atoms with Crippen LogP contribution in [0.15, 0.2) is 0 Å². The first-order valence-electron chi connectivity index (χ1n) is 13.8. The van der Waals surface area contributed by atoms with Gasteiger partial charge in [-0.05, 0) is 44.9 Å². The topological polar surface area (TPSA) is 38.7 Å². The fraction of sp³-hybridized carbons (Fsp3) is 1.00. The van der Waals surface area contributed by atoms with Crippen LogP contribution in [0.1, 0.15) is 136 Å². The van der Waals surface area contributed by atoms with E-state index in [9.17, 15) is 0 Å². The molecule has 33 heavy (non-hydrogen) atoms. The summed E-state index contributed by atoms with van der Waals surface area (Å²) >= 11 is 6.91. The van der Waals surface area contributed by atoms with E-state index < -0.39 is 0 Å². The van der Waals surface area contributed by atoms with Gasteiger partial charge < -0.3 is 14.6 Å². The number of aliphatic hydroxyl groups excluding tert-OH is 1. The van der Waals surface area contributed by atoms with Crippen LogP contribution in [0, 0.1) is 0 Å². The maximum Gasteiger partial charge on any atom is 0.157 e. The molecule has 2 atom stereocenters. The van der Waals surface area contributed by atoms with E-state index >= 15 is 0 Å². The standard InChI is InChI=1S/C16H31BrO2.C11H23BrO.H3P.H2/c17-13-9-6-4-2-1-3-5-7-10-14-18-16-12-8-11-15-19-16;12-10-8-6-4-2-1-3-5-7-9-11-13;;/h16H,1-15H2;13H,1-11H2;1H3;1H/i;;;1+1. The van der Waals surface area contributed by atoms with Crippen molar-refractivity contribution >= 4 is 41.8 Å². The van der Waals surface area contributed by atoms with E-state index in [0.717, 1.165) is 36.7 Å². The van der Waals surface area contributed by atoms with Crippen molar-refractivity contribution in [3.05, 3.63) is 0 Å². The Labute approximate surface area is 228 Å². The lowest BCUT2D eigenvalue weighted by atomic mass is 10.1. The highest BCUT2D eigenvalue weighted by Gasteiger charge is 2.13. The number of rotatable bonds is 22. The van der Waals surface area contributed by atoms with Crippen LogP contribution in [0.4, 0.5) is 0 Å². The number of alkyl halides is 2. The molecule has 0 bridgehead atoms. The van der Waals surface area contributed by atoms with Gasteiger partial charge in [-0.15, -0.1) is 0 Å². The van der Waals surface area contributed by atoms with E-state index in [1.165, 1.54) is 122 Å². The molecule has 0 aromatic rings. The lowest BCUT2D eigenvalue weighted by molar-refractivity contribution is -0.162. The maximum atomic E-state index is 8.56. The van der Waals surface area contributed by atoms with Gasteiger partial charge in [0.25, 0.3) is 0 Å². The Morgan fingerprint density at radius 3 is 1.45 bits per heavy atom. The summed E-state index contributed by atoms with van der Waals surface area (Å²) < 4.78 is 11.3. The number of aliphatic hydroxyl groups is 1. The highest BCUT2D eigenvalue weighted by Crippen LogP contribution is 2.15. The van der Waals surface area contributed by atoms with Crippen LogP contribution in [0.2, 0.25) is 0 Å².